The summed E-state index contributed by atoms with van der Waals surface area (Å²) in [6, 6.07) is 10.4. The molecule has 1 amide bonds. The molecule has 0 bridgehead atoms. The SMILES string of the molecule is C[C@H](OC(=O)/C=C/c1ccc(Cl)cc1)C(=O)NCc1ccco1. The summed E-state index contributed by atoms with van der Waals surface area (Å²) in [5.74, 6) is -0.366. The summed E-state index contributed by atoms with van der Waals surface area (Å²) in [4.78, 5) is 23.5. The Morgan fingerprint density at radius 3 is 2.70 bits per heavy atom. The maximum atomic E-state index is 11.8. The van der Waals surface area contributed by atoms with E-state index in [2.05, 4.69) is 5.32 Å². The van der Waals surface area contributed by atoms with Crippen LogP contribution in [-0.2, 0) is 20.9 Å². The Bertz CT molecular complexity index is 677. The Morgan fingerprint density at radius 1 is 1.30 bits per heavy atom. The van der Waals surface area contributed by atoms with Gasteiger partial charge in [-0.3, -0.25) is 4.79 Å². The minimum atomic E-state index is -0.896. The molecule has 0 radical (unpaired) electrons. The fourth-order valence-electron chi connectivity index (χ4n) is 1.74. The van der Waals surface area contributed by atoms with E-state index in [1.165, 1.54) is 19.3 Å². The van der Waals surface area contributed by atoms with Gasteiger partial charge in [0.15, 0.2) is 6.10 Å². The topological polar surface area (TPSA) is 68.5 Å². The summed E-state index contributed by atoms with van der Waals surface area (Å²) in [6.07, 6.45) is 3.48. The monoisotopic (exact) mass is 333 g/mol. The van der Waals surface area contributed by atoms with Gasteiger partial charge in [-0.25, -0.2) is 4.79 Å². The molecule has 1 N–H and O–H groups in total. The molecule has 0 saturated carbocycles. The number of hydrogen-bond donors (Lipinski definition) is 1. The van der Waals surface area contributed by atoms with Gasteiger partial charge in [-0.2, -0.15) is 0 Å². The quantitative estimate of drug-likeness (QED) is 0.651. The van der Waals surface area contributed by atoms with Gasteiger partial charge in [-0.1, -0.05) is 23.7 Å². The third kappa shape index (κ3) is 5.64. The van der Waals surface area contributed by atoms with Crippen molar-refractivity contribution in [1.82, 2.24) is 5.32 Å². The Labute approximate surface area is 138 Å². The normalized spacial score (nSPS) is 12.1. The summed E-state index contributed by atoms with van der Waals surface area (Å²) in [7, 11) is 0. The minimum absolute atomic E-state index is 0.244. The second-order valence-corrected chi connectivity index (χ2v) is 5.20. The zero-order valence-electron chi connectivity index (χ0n) is 12.5. The van der Waals surface area contributed by atoms with E-state index in [9.17, 15) is 9.59 Å². The second-order valence-electron chi connectivity index (χ2n) is 4.76. The predicted molar refractivity (Wildman–Crippen MR) is 86.6 cm³/mol. The molecule has 1 aromatic carbocycles. The summed E-state index contributed by atoms with van der Waals surface area (Å²) in [5, 5.41) is 3.24. The molecule has 0 saturated heterocycles. The molecule has 1 atom stereocenters. The van der Waals surface area contributed by atoms with E-state index in [1.54, 1.807) is 42.5 Å². The highest BCUT2D eigenvalue weighted by molar-refractivity contribution is 6.30. The summed E-state index contributed by atoms with van der Waals surface area (Å²) in [6.45, 7) is 1.75. The van der Waals surface area contributed by atoms with Crippen molar-refractivity contribution in [2.24, 2.45) is 0 Å². The van der Waals surface area contributed by atoms with Crippen molar-refractivity contribution in [3.05, 3.63) is 65.1 Å². The van der Waals surface area contributed by atoms with Crippen molar-refractivity contribution in [2.75, 3.05) is 0 Å². The zero-order valence-corrected chi connectivity index (χ0v) is 13.2. The standard InChI is InChI=1S/C17H16ClNO4/c1-12(17(21)19-11-15-3-2-10-22-15)23-16(20)9-6-13-4-7-14(18)8-5-13/h2-10,12H,11H2,1H3,(H,19,21)/b9-6+/t12-/m0/s1. The maximum Gasteiger partial charge on any atom is 0.331 e. The van der Waals surface area contributed by atoms with Crippen LogP contribution < -0.4 is 5.32 Å². The molecule has 1 aromatic heterocycles. The Kier molecular flexibility index (Phi) is 6.00. The van der Waals surface area contributed by atoms with Gasteiger partial charge in [0, 0.05) is 11.1 Å². The van der Waals surface area contributed by atoms with Crippen LogP contribution in [0.4, 0.5) is 0 Å². The van der Waals surface area contributed by atoms with Crippen LogP contribution in [0.25, 0.3) is 6.08 Å². The Hall–Kier alpha value is -2.53. The number of amides is 1. The smallest absolute Gasteiger partial charge is 0.331 e. The van der Waals surface area contributed by atoms with E-state index in [4.69, 9.17) is 20.8 Å². The van der Waals surface area contributed by atoms with Crippen LogP contribution in [0.1, 0.15) is 18.2 Å². The lowest BCUT2D eigenvalue weighted by atomic mass is 10.2. The molecule has 0 aliphatic rings. The number of esters is 1. The van der Waals surface area contributed by atoms with E-state index < -0.39 is 18.0 Å². The molecule has 5 nitrogen and oxygen atoms in total. The number of nitrogens with one attached hydrogen (secondary N) is 1. The van der Waals surface area contributed by atoms with Crippen molar-refractivity contribution in [2.45, 2.75) is 19.6 Å². The van der Waals surface area contributed by atoms with Crippen LogP contribution in [0.5, 0.6) is 0 Å². The van der Waals surface area contributed by atoms with Gasteiger partial charge < -0.3 is 14.5 Å². The molecule has 1 heterocycles. The molecule has 0 aliphatic carbocycles. The number of ether oxygens (including phenoxy) is 1. The van der Waals surface area contributed by atoms with Gasteiger partial charge in [0.05, 0.1) is 12.8 Å². The highest BCUT2D eigenvalue weighted by Crippen LogP contribution is 2.10. The highest BCUT2D eigenvalue weighted by Gasteiger charge is 2.16. The van der Waals surface area contributed by atoms with Gasteiger partial charge in [0.2, 0.25) is 0 Å². The molecule has 0 unspecified atom stereocenters. The van der Waals surface area contributed by atoms with Crippen LogP contribution >= 0.6 is 11.6 Å². The third-order valence-electron chi connectivity index (χ3n) is 2.96. The number of benzene rings is 1. The van der Waals surface area contributed by atoms with E-state index >= 15 is 0 Å². The lowest BCUT2D eigenvalue weighted by Gasteiger charge is -2.11. The minimum Gasteiger partial charge on any atom is -0.467 e. The van der Waals surface area contributed by atoms with Gasteiger partial charge in [0.25, 0.3) is 5.91 Å². The molecule has 2 rings (SSSR count). The number of rotatable bonds is 6. The van der Waals surface area contributed by atoms with Crippen molar-refractivity contribution < 1.29 is 18.7 Å². The van der Waals surface area contributed by atoms with Gasteiger partial charge in [0.1, 0.15) is 5.76 Å². The first-order chi connectivity index (χ1) is 11.0. The van der Waals surface area contributed by atoms with E-state index in [-0.39, 0.29) is 6.54 Å². The average Bonchev–Trinajstić information content (AvgIpc) is 3.05. The molecular weight excluding hydrogens is 318 g/mol. The van der Waals surface area contributed by atoms with Crippen LogP contribution in [0.15, 0.2) is 53.2 Å². The molecular formula is C17H16ClNO4. The molecule has 0 spiro atoms. The van der Waals surface area contributed by atoms with Crippen molar-refractivity contribution in [1.29, 1.82) is 0 Å². The van der Waals surface area contributed by atoms with E-state index in [1.807, 2.05) is 0 Å². The first-order valence-electron chi connectivity index (χ1n) is 6.99. The summed E-state index contributed by atoms with van der Waals surface area (Å²) >= 11 is 5.78. The number of hydrogen-bond acceptors (Lipinski definition) is 4. The predicted octanol–water partition coefficient (Wildman–Crippen LogP) is 3.19. The fraction of sp³-hybridized carbons (Fsp3) is 0.176. The van der Waals surface area contributed by atoms with Crippen molar-refractivity contribution in [3.8, 4) is 0 Å². The van der Waals surface area contributed by atoms with E-state index in [0.717, 1.165) is 5.56 Å². The van der Waals surface area contributed by atoms with Gasteiger partial charge >= 0.3 is 5.97 Å². The van der Waals surface area contributed by atoms with Crippen LogP contribution in [0.3, 0.4) is 0 Å². The number of carbonyl (C=O) groups excluding carboxylic acids is 2. The molecule has 23 heavy (non-hydrogen) atoms. The molecule has 120 valence electrons. The van der Waals surface area contributed by atoms with Crippen LogP contribution in [-0.4, -0.2) is 18.0 Å². The lowest BCUT2D eigenvalue weighted by Crippen LogP contribution is -2.35. The van der Waals surface area contributed by atoms with Gasteiger partial charge in [-0.15, -0.1) is 0 Å². The molecule has 6 heteroatoms. The first kappa shape index (κ1) is 16.8. The Balaban J connectivity index is 1.79. The summed E-state index contributed by atoms with van der Waals surface area (Å²) < 4.78 is 10.1. The molecule has 0 fully saturated rings. The Morgan fingerprint density at radius 2 is 2.04 bits per heavy atom. The largest absolute Gasteiger partial charge is 0.467 e. The average molecular weight is 334 g/mol. The zero-order chi connectivity index (χ0) is 16.7. The fourth-order valence-corrected chi connectivity index (χ4v) is 1.86. The highest BCUT2D eigenvalue weighted by atomic mass is 35.5. The number of furan rings is 1. The van der Waals surface area contributed by atoms with Crippen LogP contribution in [0, 0.1) is 0 Å². The lowest BCUT2D eigenvalue weighted by molar-refractivity contribution is -0.150. The van der Waals surface area contributed by atoms with Crippen molar-refractivity contribution >= 4 is 29.6 Å². The third-order valence-corrected chi connectivity index (χ3v) is 3.21. The van der Waals surface area contributed by atoms with Crippen LogP contribution in [0.2, 0.25) is 5.02 Å². The summed E-state index contributed by atoms with van der Waals surface area (Å²) in [5.41, 5.74) is 0.807. The van der Waals surface area contributed by atoms with Gasteiger partial charge in [-0.05, 0) is 42.8 Å². The maximum absolute atomic E-state index is 11.8. The first-order valence-corrected chi connectivity index (χ1v) is 7.37. The number of carbonyl (C=O) groups is 2. The second kappa shape index (κ2) is 8.19. The number of halogens is 1. The van der Waals surface area contributed by atoms with Crippen molar-refractivity contribution in [3.63, 3.8) is 0 Å². The molecule has 2 aromatic rings. The van der Waals surface area contributed by atoms with E-state index in [0.29, 0.717) is 10.8 Å². The molecule has 0 aliphatic heterocycles.